The average Bonchev–Trinajstić information content (AvgIpc) is 3.27. The lowest BCUT2D eigenvalue weighted by Crippen LogP contribution is -2.55. The largest absolute Gasteiger partial charge is 0.298 e. The van der Waals surface area contributed by atoms with E-state index in [9.17, 15) is 14.4 Å². The number of benzene rings is 2. The van der Waals surface area contributed by atoms with E-state index in [4.69, 9.17) is 6.42 Å². The molecule has 2 saturated heterocycles. The van der Waals surface area contributed by atoms with E-state index in [0.717, 1.165) is 0 Å². The lowest BCUT2D eigenvalue weighted by atomic mass is 9.76. The number of imide groups is 1. The molecule has 2 aromatic carbocycles. The summed E-state index contributed by atoms with van der Waals surface area (Å²) in [5.74, 6) is 0.191. The predicted molar refractivity (Wildman–Crippen MR) is 108 cm³/mol. The van der Waals surface area contributed by atoms with Gasteiger partial charge in [-0.25, -0.2) is 4.90 Å². The molecule has 3 aliphatic rings. The Hall–Kier alpha value is -3.43. The number of para-hydroxylation sites is 2. The molecule has 1 N–H and O–H groups in total. The van der Waals surface area contributed by atoms with Crippen molar-refractivity contribution < 1.29 is 14.4 Å². The monoisotopic (exact) mass is 385 g/mol. The minimum Gasteiger partial charge on any atom is -0.298 e. The van der Waals surface area contributed by atoms with Gasteiger partial charge < -0.3 is 0 Å². The van der Waals surface area contributed by atoms with Gasteiger partial charge in [0.1, 0.15) is 5.54 Å². The van der Waals surface area contributed by atoms with E-state index < -0.39 is 17.4 Å². The highest BCUT2D eigenvalue weighted by Crippen LogP contribution is 2.54. The van der Waals surface area contributed by atoms with Gasteiger partial charge >= 0.3 is 0 Å². The summed E-state index contributed by atoms with van der Waals surface area (Å²) >= 11 is 0. The molecule has 3 heterocycles. The Bertz CT molecular complexity index is 1090. The standard InChI is InChI=1S/C23H19N3O3/c1-3-13-25-17-12-8-7-11-16(17)23(22(25)29)19-18(14(2)24-23)20(27)26(21(19)28)15-9-5-4-6-10-15/h1,4-12,14,18-19,24H,13H2,2H3/t14-,18-,19+,23+/m1/s1. The number of fused-ring (bicyclic) bond motifs is 4. The lowest BCUT2D eigenvalue weighted by Gasteiger charge is -2.30. The number of nitrogens with one attached hydrogen (secondary N) is 1. The fourth-order valence-electron chi connectivity index (χ4n) is 5.19. The molecule has 0 unspecified atom stereocenters. The maximum Gasteiger partial charge on any atom is 0.253 e. The molecule has 5 rings (SSSR count). The molecule has 0 radical (unpaired) electrons. The summed E-state index contributed by atoms with van der Waals surface area (Å²) in [6, 6.07) is 15.9. The zero-order chi connectivity index (χ0) is 20.3. The highest BCUT2D eigenvalue weighted by molar-refractivity contribution is 6.26. The maximum absolute atomic E-state index is 13.6. The number of nitrogens with zero attached hydrogens (tertiary/aromatic N) is 2. The Kier molecular flexibility index (Phi) is 3.67. The van der Waals surface area contributed by atoms with Gasteiger partial charge in [-0.2, -0.15) is 0 Å². The molecule has 2 fully saturated rings. The number of rotatable bonds is 2. The molecule has 0 aliphatic carbocycles. The van der Waals surface area contributed by atoms with Crippen LogP contribution in [0.15, 0.2) is 54.6 Å². The second-order valence-electron chi connectivity index (χ2n) is 7.70. The number of anilines is 2. The van der Waals surface area contributed by atoms with Gasteiger partial charge in [0.25, 0.3) is 5.91 Å². The summed E-state index contributed by atoms with van der Waals surface area (Å²) in [7, 11) is 0. The van der Waals surface area contributed by atoms with E-state index in [1.807, 2.05) is 37.3 Å². The topological polar surface area (TPSA) is 69.7 Å². The van der Waals surface area contributed by atoms with E-state index in [2.05, 4.69) is 11.2 Å². The van der Waals surface area contributed by atoms with Crippen molar-refractivity contribution in [3.63, 3.8) is 0 Å². The van der Waals surface area contributed by atoms with E-state index in [-0.39, 0.29) is 30.3 Å². The molecule has 144 valence electrons. The molecule has 1 spiro atoms. The van der Waals surface area contributed by atoms with Crippen LogP contribution >= 0.6 is 0 Å². The van der Waals surface area contributed by atoms with Crippen LogP contribution in [0.3, 0.4) is 0 Å². The Morgan fingerprint density at radius 1 is 1.03 bits per heavy atom. The third-order valence-corrected chi connectivity index (χ3v) is 6.28. The average molecular weight is 385 g/mol. The zero-order valence-corrected chi connectivity index (χ0v) is 15.8. The number of carbonyl (C=O) groups is 3. The first-order chi connectivity index (χ1) is 14.0. The highest BCUT2D eigenvalue weighted by atomic mass is 16.2. The van der Waals surface area contributed by atoms with Crippen molar-refractivity contribution in [3.8, 4) is 12.3 Å². The van der Waals surface area contributed by atoms with Crippen LogP contribution in [0.25, 0.3) is 0 Å². The third kappa shape index (κ3) is 2.08. The molecule has 6 heteroatoms. The molecule has 6 nitrogen and oxygen atoms in total. The molecule has 29 heavy (non-hydrogen) atoms. The van der Waals surface area contributed by atoms with Crippen LogP contribution in [0.4, 0.5) is 11.4 Å². The van der Waals surface area contributed by atoms with Gasteiger partial charge in [-0.05, 0) is 25.1 Å². The maximum atomic E-state index is 13.6. The van der Waals surface area contributed by atoms with Gasteiger partial charge in [-0.15, -0.1) is 6.42 Å². The highest BCUT2D eigenvalue weighted by Gasteiger charge is 2.71. The first-order valence-corrected chi connectivity index (χ1v) is 9.58. The van der Waals surface area contributed by atoms with Crippen LogP contribution in [0.5, 0.6) is 0 Å². The normalized spacial score (nSPS) is 30.1. The number of carbonyl (C=O) groups excluding carboxylic acids is 3. The van der Waals surface area contributed by atoms with Crippen LogP contribution < -0.4 is 15.1 Å². The minimum atomic E-state index is -1.28. The first-order valence-electron chi connectivity index (χ1n) is 9.58. The van der Waals surface area contributed by atoms with Gasteiger partial charge in [-0.3, -0.25) is 24.6 Å². The quantitative estimate of drug-likeness (QED) is 0.631. The number of hydrogen-bond donors (Lipinski definition) is 1. The van der Waals surface area contributed by atoms with Gasteiger partial charge in [0.2, 0.25) is 11.8 Å². The molecule has 3 aliphatic heterocycles. The summed E-state index contributed by atoms with van der Waals surface area (Å²) in [5, 5.41) is 3.33. The fourth-order valence-corrected chi connectivity index (χ4v) is 5.19. The Balaban J connectivity index is 1.69. The van der Waals surface area contributed by atoms with Gasteiger partial charge in [-0.1, -0.05) is 42.3 Å². The van der Waals surface area contributed by atoms with Crippen LogP contribution in [0.1, 0.15) is 12.5 Å². The number of amides is 3. The molecule has 0 saturated carbocycles. The second kappa shape index (κ2) is 6.03. The van der Waals surface area contributed by atoms with Gasteiger partial charge in [0.05, 0.1) is 29.8 Å². The van der Waals surface area contributed by atoms with E-state index in [1.54, 1.807) is 24.3 Å². The fraction of sp³-hybridized carbons (Fsp3) is 0.261. The van der Waals surface area contributed by atoms with Crippen LogP contribution in [-0.2, 0) is 19.9 Å². The van der Waals surface area contributed by atoms with E-state index in [0.29, 0.717) is 16.9 Å². The molecule has 0 bridgehead atoms. The van der Waals surface area contributed by atoms with Crippen molar-refractivity contribution in [1.29, 1.82) is 0 Å². The summed E-state index contributed by atoms with van der Waals surface area (Å²) < 4.78 is 0. The van der Waals surface area contributed by atoms with Crippen LogP contribution in [0.2, 0.25) is 0 Å². The second-order valence-corrected chi connectivity index (χ2v) is 7.70. The van der Waals surface area contributed by atoms with Crippen molar-refractivity contribution >= 4 is 29.1 Å². The van der Waals surface area contributed by atoms with Gasteiger partial charge in [0.15, 0.2) is 0 Å². The summed E-state index contributed by atoms with van der Waals surface area (Å²) in [4.78, 5) is 43.3. The van der Waals surface area contributed by atoms with Crippen molar-refractivity contribution in [2.24, 2.45) is 11.8 Å². The Labute approximate surface area is 168 Å². The number of terminal acetylenes is 1. The van der Waals surface area contributed by atoms with Crippen molar-refractivity contribution in [3.05, 3.63) is 60.2 Å². The number of hydrogen-bond acceptors (Lipinski definition) is 4. The summed E-state index contributed by atoms with van der Waals surface area (Å²) in [6.45, 7) is 1.96. The van der Waals surface area contributed by atoms with Crippen molar-refractivity contribution in [2.45, 2.75) is 18.5 Å². The third-order valence-electron chi connectivity index (χ3n) is 6.28. The summed E-state index contributed by atoms with van der Waals surface area (Å²) in [6.07, 6.45) is 5.50. The molecule has 4 atom stereocenters. The Morgan fingerprint density at radius 2 is 1.72 bits per heavy atom. The molecule has 0 aromatic heterocycles. The van der Waals surface area contributed by atoms with Crippen LogP contribution in [0, 0.1) is 24.2 Å². The summed E-state index contributed by atoms with van der Waals surface area (Å²) in [5.41, 5.74) is 0.636. The molecular weight excluding hydrogens is 366 g/mol. The first kappa shape index (κ1) is 17.7. The predicted octanol–water partition coefficient (Wildman–Crippen LogP) is 1.66. The van der Waals surface area contributed by atoms with Gasteiger partial charge in [0, 0.05) is 11.6 Å². The smallest absolute Gasteiger partial charge is 0.253 e. The van der Waals surface area contributed by atoms with Crippen molar-refractivity contribution in [1.82, 2.24) is 5.32 Å². The minimum absolute atomic E-state index is 0.107. The zero-order valence-electron chi connectivity index (χ0n) is 15.8. The SMILES string of the molecule is C#CCN1C(=O)[C@]2(N[C@H](C)[C@H]3C(=O)N(c4ccccc4)C(=O)[C@H]32)c2ccccc21. The molecule has 2 aromatic rings. The lowest BCUT2D eigenvalue weighted by molar-refractivity contribution is -0.132. The Morgan fingerprint density at radius 3 is 2.45 bits per heavy atom. The van der Waals surface area contributed by atoms with Crippen LogP contribution in [-0.4, -0.2) is 30.3 Å². The van der Waals surface area contributed by atoms with E-state index >= 15 is 0 Å². The van der Waals surface area contributed by atoms with Crippen molar-refractivity contribution in [2.75, 3.05) is 16.3 Å². The van der Waals surface area contributed by atoms with E-state index in [1.165, 1.54) is 9.80 Å². The molecular formula is C23H19N3O3. The molecule has 3 amide bonds.